The number of sulfonamides is 1. The Kier molecular flexibility index (Phi) is 9.46. The van der Waals surface area contributed by atoms with Crippen LogP contribution in [0.2, 0.25) is 0 Å². The van der Waals surface area contributed by atoms with E-state index in [1.807, 2.05) is 42.5 Å². The topological polar surface area (TPSA) is 115 Å². The molecular weight excluding hydrogens is 576 g/mol. The molecule has 0 saturated heterocycles. The van der Waals surface area contributed by atoms with Crippen molar-refractivity contribution in [3.05, 3.63) is 114 Å². The second-order valence-electron chi connectivity index (χ2n) is 11.2. The number of benzene rings is 4. The largest absolute Gasteiger partial charge is 0.507 e. The lowest BCUT2D eigenvalue weighted by Crippen LogP contribution is -2.41. The molecule has 1 aliphatic carbocycles. The highest BCUT2D eigenvalue weighted by molar-refractivity contribution is 7.89. The molecule has 0 aliphatic heterocycles. The van der Waals surface area contributed by atoms with Crippen LogP contribution in [0.25, 0.3) is 11.1 Å². The van der Waals surface area contributed by atoms with Crippen LogP contribution in [-0.4, -0.2) is 48.4 Å². The Morgan fingerprint density at radius 1 is 0.818 bits per heavy atom. The van der Waals surface area contributed by atoms with E-state index in [-0.39, 0.29) is 22.7 Å². The third-order valence-electron chi connectivity index (χ3n) is 8.25. The molecule has 0 radical (unpaired) electrons. The van der Waals surface area contributed by atoms with Crippen molar-refractivity contribution in [2.75, 3.05) is 18.5 Å². The lowest BCUT2D eigenvalue weighted by molar-refractivity contribution is -0.118. The Bertz CT molecular complexity index is 1720. The van der Waals surface area contributed by atoms with Crippen molar-refractivity contribution in [1.29, 1.82) is 0 Å². The molecule has 1 fully saturated rings. The van der Waals surface area contributed by atoms with Gasteiger partial charge in [0.1, 0.15) is 11.3 Å². The van der Waals surface area contributed by atoms with E-state index >= 15 is 0 Å². The van der Waals surface area contributed by atoms with Gasteiger partial charge >= 0.3 is 5.97 Å². The number of nitrogens with zero attached hydrogens (tertiary/aromatic N) is 2. The maximum absolute atomic E-state index is 13.7. The van der Waals surface area contributed by atoms with Gasteiger partial charge in [-0.2, -0.15) is 4.31 Å². The number of carboxylic acid groups (broad SMARTS) is 1. The lowest BCUT2D eigenvalue weighted by atomic mass is 9.84. The number of carboxylic acids is 1. The molecule has 0 heterocycles. The summed E-state index contributed by atoms with van der Waals surface area (Å²) in [6.07, 6.45) is 6.03. The number of rotatable bonds is 10. The minimum absolute atomic E-state index is 0.0563. The minimum Gasteiger partial charge on any atom is -0.507 e. The summed E-state index contributed by atoms with van der Waals surface area (Å²) in [4.78, 5) is 26.6. The molecule has 1 amide bonds. The van der Waals surface area contributed by atoms with Gasteiger partial charge in [0.2, 0.25) is 15.9 Å². The average molecular weight is 613 g/mol. The zero-order valence-corrected chi connectivity index (χ0v) is 25.4. The Hall–Kier alpha value is -4.47. The Morgan fingerprint density at radius 3 is 2.07 bits per heavy atom. The van der Waals surface area contributed by atoms with E-state index in [2.05, 4.69) is 12.1 Å². The van der Waals surface area contributed by atoms with Gasteiger partial charge in [0, 0.05) is 18.8 Å². The van der Waals surface area contributed by atoms with Crippen LogP contribution >= 0.6 is 0 Å². The van der Waals surface area contributed by atoms with Crippen LogP contribution in [0.4, 0.5) is 5.69 Å². The van der Waals surface area contributed by atoms with Gasteiger partial charge in [-0.1, -0.05) is 86.0 Å². The van der Waals surface area contributed by atoms with E-state index in [1.165, 1.54) is 67.1 Å². The quantitative estimate of drug-likeness (QED) is 0.207. The highest BCUT2D eigenvalue weighted by Crippen LogP contribution is 2.33. The van der Waals surface area contributed by atoms with Gasteiger partial charge in [0.05, 0.1) is 18.0 Å². The van der Waals surface area contributed by atoms with E-state index in [4.69, 9.17) is 0 Å². The first kappa shape index (κ1) is 31.0. The maximum atomic E-state index is 13.7. The minimum atomic E-state index is -4.01. The van der Waals surface area contributed by atoms with Gasteiger partial charge < -0.3 is 15.1 Å². The fraction of sp³-hybridized carbons (Fsp3) is 0.257. The summed E-state index contributed by atoms with van der Waals surface area (Å²) < 4.78 is 27.9. The van der Waals surface area contributed by atoms with Crippen LogP contribution in [-0.2, 0) is 21.4 Å². The molecule has 0 bridgehead atoms. The molecule has 0 spiro atoms. The molecule has 0 unspecified atom stereocenters. The Labute approximate surface area is 258 Å². The van der Waals surface area contributed by atoms with Crippen LogP contribution in [0, 0.1) is 0 Å². The summed E-state index contributed by atoms with van der Waals surface area (Å²) in [5.41, 5.74) is 3.87. The van der Waals surface area contributed by atoms with Crippen molar-refractivity contribution in [3.8, 4) is 16.9 Å². The Balaban J connectivity index is 1.37. The van der Waals surface area contributed by atoms with E-state index in [0.717, 1.165) is 33.8 Å². The number of aromatic carboxylic acids is 1. The lowest BCUT2D eigenvalue weighted by Gasteiger charge is -2.27. The number of aromatic hydroxyl groups is 1. The van der Waals surface area contributed by atoms with Crippen molar-refractivity contribution in [1.82, 2.24) is 4.31 Å². The number of likely N-dealkylation sites (N-methyl/N-ethyl adjacent to an activating group) is 1. The van der Waals surface area contributed by atoms with Crippen molar-refractivity contribution >= 4 is 27.6 Å². The molecule has 9 heteroatoms. The summed E-state index contributed by atoms with van der Waals surface area (Å²) in [5, 5.41) is 19.7. The summed E-state index contributed by atoms with van der Waals surface area (Å²) in [6.45, 7) is -0.361. The summed E-state index contributed by atoms with van der Waals surface area (Å²) >= 11 is 0. The molecule has 44 heavy (non-hydrogen) atoms. The van der Waals surface area contributed by atoms with Crippen molar-refractivity contribution in [2.24, 2.45) is 0 Å². The molecule has 228 valence electrons. The first-order valence-electron chi connectivity index (χ1n) is 14.7. The second-order valence-corrected chi connectivity index (χ2v) is 13.3. The third-order valence-corrected chi connectivity index (χ3v) is 10.1. The van der Waals surface area contributed by atoms with Gasteiger partial charge in [-0.15, -0.1) is 0 Å². The molecule has 0 atom stereocenters. The normalized spacial score (nSPS) is 14.0. The van der Waals surface area contributed by atoms with E-state index < -0.39 is 34.2 Å². The van der Waals surface area contributed by atoms with Crippen LogP contribution in [0.5, 0.6) is 5.75 Å². The van der Waals surface area contributed by atoms with E-state index in [9.17, 15) is 28.2 Å². The van der Waals surface area contributed by atoms with Gasteiger partial charge in [-0.05, 0) is 65.3 Å². The first-order chi connectivity index (χ1) is 21.1. The van der Waals surface area contributed by atoms with E-state index in [0.29, 0.717) is 5.92 Å². The summed E-state index contributed by atoms with van der Waals surface area (Å²) in [6, 6.07) is 28.1. The van der Waals surface area contributed by atoms with Crippen LogP contribution in [0.1, 0.15) is 59.5 Å². The van der Waals surface area contributed by atoms with Crippen LogP contribution in [0.15, 0.2) is 102 Å². The fourth-order valence-electron chi connectivity index (χ4n) is 5.70. The zero-order valence-electron chi connectivity index (χ0n) is 24.6. The molecule has 4 aromatic carbocycles. The number of carbonyl (C=O) groups is 2. The van der Waals surface area contributed by atoms with Crippen LogP contribution in [0.3, 0.4) is 0 Å². The third kappa shape index (κ3) is 7.01. The van der Waals surface area contributed by atoms with E-state index in [1.54, 1.807) is 12.1 Å². The molecular formula is C35H36N2O6S. The number of hydrogen-bond donors (Lipinski definition) is 2. The van der Waals surface area contributed by atoms with Crippen molar-refractivity contribution < 1.29 is 28.2 Å². The van der Waals surface area contributed by atoms with Crippen LogP contribution < -0.4 is 4.90 Å². The van der Waals surface area contributed by atoms with Crippen molar-refractivity contribution in [3.63, 3.8) is 0 Å². The van der Waals surface area contributed by atoms with Gasteiger partial charge in [-0.3, -0.25) is 4.79 Å². The van der Waals surface area contributed by atoms with Gasteiger partial charge in [-0.25, -0.2) is 13.2 Å². The predicted octanol–water partition coefficient (Wildman–Crippen LogP) is 6.66. The zero-order chi connectivity index (χ0) is 31.3. The average Bonchev–Trinajstić information content (AvgIpc) is 3.04. The number of amides is 1. The molecule has 1 saturated carbocycles. The number of carbonyl (C=O) groups excluding carboxylic acids is 1. The monoisotopic (exact) mass is 612 g/mol. The highest BCUT2D eigenvalue weighted by Gasteiger charge is 2.27. The molecule has 4 aromatic rings. The maximum Gasteiger partial charge on any atom is 0.339 e. The fourth-order valence-corrected chi connectivity index (χ4v) is 6.82. The predicted molar refractivity (Wildman–Crippen MR) is 170 cm³/mol. The molecule has 1 aliphatic rings. The Morgan fingerprint density at radius 2 is 1.45 bits per heavy atom. The second kappa shape index (κ2) is 13.4. The van der Waals surface area contributed by atoms with Gasteiger partial charge in [0.15, 0.2) is 0 Å². The standard InChI is InChI=1S/C35H36N2O6S/c1-36(44(42,43)31-19-16-29(17-20-31)27-10-6-3-7-11-27)24-34(39)37(30-18-21-32(35(40)41)33(38)22-30)23-25-12-14-28(15-13-25)26-8-4-2-5-9-26/h3,6-7,10-22,26,38H,2,4-5,8-9,23-24H2,1H3,(H,40,41). The summed E-state index contributed by atoms with van der Waals surface area (Å²) in [7, 11) is -2.66. The SMILES string of the molecule is CN(CC(=O)N(Cc1ccc(C2CCCCC2)cc1)c1ccc(C(=O)O)c(O)c1)S(=O)(=O)c1ccc(-c2ccccc2)cc1. The number of anilines is 1. The molecule has 5 rings (SSSR count). The number of phenols is 1. The highest BCUT2D eigenvalue weighted by atomic mass is 32.2. The van der Waals surface area contributed by atoms with Gasteiger partial charge in [0.25, 0.3) is 0 Å². The first-order valence-corrected chi connectivity index (χ1v) is 16.1. The smallest absolute Gasteiger partial charge is 0.339 e. The number of hydrogen-bond acceptors (Lipinski definition) is 5. The molecule has 0 aromatic heterocycles. The summed E-state index contributed by atoms with van der Waals surface area (Å²) in [5.74, 6) is -1.79. The molecule has 8 nitrogen and oxygen atoms in total. The molecule has 2 N–H and O–H groups in total. The van der Waals surface area contributed by atoms with Crippen molar-refractivity contribution in [2.45, 2.75) is 49.5 Å².